The van der Waals surface area contributed by atoms with E-state index in [1.807, 2.05) is 24.3 Å². The van der Waals surface area contributed by atoms with Crippen molar-refractivity contribution in [2.75, 3.05) is 19.8 Å². The highest BCUT2D eigenvalue weighted by Gasteiger charge is 2.32. The van der Waals surface area contributed by atoms with E-state index in [1.165, 1.54) is 4.90 Å². The lowest BCUT2D eigenvalue weighted by Gasteiger charge is -2.32. The minimum absolute atomic E-state index is 0.0274. The molecule has 108 valence electrons. The number of hydrogen-bond acceptors (Lipinski definition) is 3. The lowest BCUT2D eigenvalue weighted by atomic mass is 10.2. The summed E-state index contributed by atoms with van der Waals surface area (Å²) in [5, 5.41) is 11.8. The number of halogens is 1. The standard InChI is InChI=1S/C13H15BrN2O4/c14-10-3-1-2-9(6-10)7-15-13(19)16-4-5-20-8-11(16)12(17)18/h1-3,6,11H,4-5,7-8H2,(H,15,19)(H,17,18). The van der Waals surface area contributed by atoms with Gasteiger partial charge in [0.15, 0.2) is 6.04 Å². The number of rotatable bonds is 3. The average Bonchev–Trinajstić information content (AvgIpc) is 2.45. The van der Waals surface area contributed by atoms with E-state index >= 15 is 0 Å². The minimum Gasteiger partial charge on any atom is -0.480 e. The molecule has 1 atom stereocenters. The molecule has 1 heterocycles. The van der Waals surface area contributed by atoms with Crippen LogP contribution in [-0.4, -0.2) is 47.8 Å². The van der Waals surface area contributed by atoms with Crippen molar-refractivity contribution >= 4 is 27.9 Å². The van der Waals surface area contributed by atoms with Crippen molar-refractivity contribution in [3.8, 4) is 0 Å². The van der Waals surface area contributed by atoms with Gasteiger partial charge in [-0.1, -0.05) is 28.1 Å². The van der Waals surface area contributed by atoms with Crippen molar-refractivity contribution in [2.24, 2.45) is 0 Å². The smallest absolute Gasteiger partial charge is 0.328 e. The summed E-state index contributed by atoms with van der Waals surface area (Å²) in [6.45, 7) is 1.01. The number of carboxylic acids is 1. The van der Waals surface area contributed by atoms with Gasteiger partial charge in [0, 0.05) is 17.6 Å². The molecular formula is C13H15BrN2O4. The van der Waals surface area contributed by atoms with Gasteiger partial charge < -0.3 is 20.1 Å². The highest BCUT2D eigenvalue weighted by atomic mass is 79.9. The molecule has 1 unspecified atom stereocenters. The average molecular weight is 343 g/mol. The first kappa shape index (κ1) is 14.8. The molecule has 2 amide bonds. The second-order valence-electron chi connectivity index (χ2n) is 4.41. The first-order valence-electron chi connectivity index (χ1n) is 6.17. The summed E-state index contributed by atoms with van der Waals surface area (Å²) in [5.41, 5.74) is 0.938. The van der Waals surface area contributed by atoms with E-state index in [0.29, 0.717) is 13.2 Å². The number of hydrogen-bond donors (Lipinski definition) is 2. The van der Waals surface area contributed by atoms with Gasteiger partial charge in [-0.3, -0.25) is 0 Å². The van der Waals surface area contributed by atoms with Crippen LogP contribution < -0.4 is 5.32 Å². The van der Waals surface area contributed by atoms with E-state index in [-0.39, 0.29) is 19.2 Å². The second-order valence-corrected chi connectivity index (χ2v) is 5.33. The summed E-state index contributed by atoms with van der Waals surface area (Å²) < 4.78 is 6.02. The molecule has 1 aromatic rings. The van der Waals surface area contributed by atoms with Crippen LogP contribution in [0.15, 0.2) is 28.7 Å². The topological polar surface area (TPSA) is 78.9 Å². The van der Waals surface area contributed by atoms with Gasteiger partial charge in [-0.15, -0.1) is 0 Å². The minimum atomic E-state index is -1.05. The molecule has 0 spiro atoms. The number of ether oxygens (including phenoxy) is 1. The maximum Gasteiger partial charge on any atom is 0.328 e. The Kier molecular flexibility index (Phi) is 4.97. The van der Waals surface area contributed by atoms with Crippen LogP contribution in [0.4, 0.5) is 4.79 Å². The maximum absolute atomic E-state index is 12.1. The molecule has 0 aliphatic carbocycles. The predicted octanol–water partition coefficient (Wildman–Crippen LogP) is 1.44. The Hall–Kier alpha value is -1.60. The van der Waals surface area contributed by atoms with Crippen molar-refractivity contribution in [3.05, 3.63) is 34.3 Å². The summed E-state index contributed by atoms with van der Waals surface area (Å²) in [6, 6.07) is 6.24. The van der Waals surface area contributed by atoms with Crippen LogP contribution in [-0.2, 0) is 16.1 Å². The summed E-state index contributed by atoms with van der Waals surface area (Å²) in [4.78, 5) is 24.4. The van der Waals surface area contributed by atoms with Crippen LogP contribution in [0, 0.1) is 0 Å². The van der Waals surface area contributed by atoms with Gasteiger partial charge in [-0.2, -0.15) is 0 Å². The van der Waals surface area contributed by atoms with Crippen LogP contribution in [0.1, 0.15) is 5.56 Å². The maximum atomic E-state index is 12.1. The molecule has 2 rings (SSSR count). The number of morpholine rings is 1. The number of carbonyl (C=O) groups excluding carboxylic acids is 1. The predicted molar refractivity (Wildman–Crippen MR) is 75.3 cm³/mol. The second kappa shape index (κ2) is 6.71. The molecule has 0 radical (unpaired) electrons. The number of benzene rings is 1. The fraction of sp³-hybridized carbons (Fsp3) is 0.385. The molecule has 1 aliphatic rings. The van der Waals surface area contributed by atoms with Crippen LogP contribution in [0.25, 0.3) is 0 Å². The molecule has 0 bridgehead atoms. The van der Waals surface area contributed by atoms with Gasteiger partial charge >= 0.3 is 12.0 Å². The van der Waals surface area contributed by atoms with Crippen molar-refractivity contribution < 1.29 is 19.4 Å². The summed E-state index contributed by atoms with van der Waals surface area (Å²) in [7, 11) is 0. The highest BCUT2D eigenvalue weighted by molar-refractivity contribution is 9.10. The number of nitrogens with zero attached hydrogens (tertiary/aromatic N) is 1. The highest BCUT2D eigenvalue weighted by Crippen LogP contribution is 2.12. The van der Waals surface area contributed by atoms with Gasteiger partial charge in [0.25, 0.3) is 0 Å². The first-order chi connectivity index (χ1) is 9.58. The van der Waals surface area contributed by atoms with Crippen LogP contribution in [0.2, 0.25) is 0 Å². The Morgan fingerprint density at radius 2 is 2.30 bits per heavy atom. The largest absolute Gasteiger partial charge is 0.480 e. The number of nitrogens with one attached hydrogen (secondary N) is 1. The van der Waals surface area contributed by atoms with E-state index < -0.39 is 12.0 Å². The molecule has 0 aromatic heterocycles. The molecule has 1 saturated heterocycles. The monoisotopic (exact) mass is 342 g/mol. The van der Waals surface area contributed by atoms with Crippen molar-refractivity contribution in [2.45, 2.75) is 12.6 Å². The Labute approximate surface area is 124 Å². The quantitative estimate of drug-likeness (QED) is 0.871. The lowest BCUT2D eigenvalue weighted by molar-refractivity contribution is -0.147. The third-order valence-electron chi connectivity index (χ3n) is 3.01. The molecule has 1 aromatic carbocycles. The van der Waals surface area contributed by atoms with Crippen molar-refractivity contribution in [1.29, 1.82) is 0 Å². The van der Waals surface area contributed by atoms with Gasteiger partial charge in [0.05, 0.1) is 13.2 Å². The number of amides is 2. The van der Waals surface area contributed by atoms with E-state index in [9.17, 15) is 9.59 Å². The van der Waals surface area contributed by atoms with Crippen LogP contribution in [0.3, 0.4) is 0 Å². The zero-order valence-corrected chi connectivity index (χ0v) is 12.3. The molecule has 1 aliphatic heterocycles. The molecular weight excluding hydrogens is 328 g/mol. The van der Waals surface area contributed by atoms with E-state index in [1.54, 1.807) is 0 Å². The van der Waals surface area contributed by atoms with E-state index in [0.717, 1.165) is 10.0 Å². The summed E-state index contributed by atoms with van der Waals surface area (Å²) in [6.07, 6.45) is 0. The Bertz CT molecular complexity index is 509. The lowest BCUT2D eigenvalue weighted by Crippen LogP contribution is -2.55. The normalized spacial score (nSPS) is 18.6. The Balaban J connectivity index is 1.95. The number of carbonyl (C=O) groups is 2. The van der Waals surface area contributed by atoms with Gasteiger partial charge in [0.2, 0.25) is 0 Å². The zero-order valence-electron chi connectivity index (χ0n) is 10.7. The van der Waals surface area contributed by atoms with Gasteiger partial charge in [0.1, 0.15) is 0 Å². The van der Waals surface area contributed by atoms with Crippen LogP contribution >= 0.6 is 15.9 Å². The molecule has 2 N–H and O–H groups in total. The van der Waals surface area contributed by atoms with Crippen molar-refractivity contribution in [3.63, 3.8) is 0 Å². The third kappa shape index (κ3) is 3.71. The molecule has 20 heavy (non-hydrogen) atoms. The van der Waals surface area contributed by atoms with E-state index in [4.69, 9.17) is 9.84 Å². The molecule has 6 nitrogen and oxygen atoms in total. The SMILES string of the molecule is O=C(O)C1COCCN1C(=O)NCc1cccc(Br)c1. The molecule has 7 heteroatoms. The summed E-state index contributed by atoms with van der Waals surface area (Å²) >= 11 is 3.36. The van der Waals surface area contributed by atoms with E-state index in [2.05, 4.69) is 21.2 Å². The zero-order chi connectivity index (χ0) is 14.5. The fourth-order valence-electron chi connectivity index (χ4n) is 1.98. The van der Waals surface area contributed by atoms with Crippen LogP contribution in [0.5, 0.6) is 0 Å². The Morgan fingerprint density at radius 1 is 1.50 bits per heavy atom. The van der Waals surface area contributed by atoms with Gasteiger partial charge in [-0.05, 0) is 17.7 Å². The number of urea groups is 1. The van der Waals surface area contributed by atoms with Gasteiger partial charge in [-0.25, -0.2) is 9.59 Å². The summed E-state index contributed by atoms with van der Waals surface area (Å²) in [5.74, 6) is -1.05. The number of carboxylic acid groups (broad SMARTS) is 1. The molecule has 1 fully saturated rings. The molecule has 0 saturated carbocycles. The Morgan fingerprint density at radius 3 is 3.00 bits per heavy atom. The third-order valence-corrected chi connectivity index (χ3v) is 3.50. The van der Waals surface area contributed by atoms with Crippen molar-refractivity contribution in [1.82, 2.24) is 10.2 Å². The number of aliphatic carboxylic acids is 1. The first-order valence-corrected chi connectivity index (χ1v) is 6.96. The fourth-order valence-corrected chi connectivity index (χ4v) is 2.42.